The van der Waals surface area contributed by atoms with E-state index in [1.165, 1.54) is 0 Å². The Hall–Kier alpha value is 1.55. The summed E-state index contributed by atoms with van der Waals surface area (Å²) >= 11 is -2.52. The molecule has 0 rings (SSSR count). The summed E-state index contributed by atoms with van der Waals surface area (Å²) in [4.78, 5) is 0. The maximum absolute atomic E-state index is 9.01. The van der Waals surface area contributed by atoms with Crippen molar-refractivity contribution < 1.29 is 35.4 Å². The Morgan fingerprint density at radius 1 is 1.57 bits per heavy atom. The van der Waals surface area contributed by atoms with Crippen LogP contribution in [0, 0.1) is 0 Å². The van der Waals surface area contributed by atoms with Crippen LogP contribution in [0.4, 0.5) is 0 Å². The first-order chi connectivity index (χ1) is 2.27. The van der Waals surface area contributed by atoms with Crippen molar-refractivity contribution in [2.24, 2.45) is 0 Å². The molecule has 0 saturated heterocycles. The fourth-order valence-corrected chi connectivity index (χ4v) is 0. The summed E-state index contributed by atoms with van der Waals surface area (Å²) < 4.78 is 19.1. The van der Waals surface area contributed by atoms with Crippen molar-refractivity contribution in [1.82, 2.24) is 0 Å². The third kappa shape index (κ3) is 18.5. The molecule has 0 aromatic carbocycles. The molecule has 0 radical (unpaired) electrons. The third-order valence-electron chi connectivity index (χ3n) is 0.0638. The predicted molar refractivity (Wildman–Crippen MR) is 21.6 cm³/mol. The minimum absolute atomic E-state index is 0. The van der Waals surface area contributed by atoms with Gasteiger partial charge in [-0.15, -0.1) is 4.33 Å². The van der Waals surface area contributed by atoms with E-state index in [0.717, 1.165) is 0 Å². The van der Waals surface area contributed by atoms with Gasteiger partial charge in [0.15, 0.2) is 0 Å². The Bertz CT molecular complexity index is 47.0. The van der Waals surface area contributed by atoms with Crippen molar-refractivity contribution in [3.63, 3.8) is 0 Å². The Kier molecular flexibility index (Phi) is 23.8. The first-order valence-electron chi connectivity index (χ1n) is 0.698. The van der Waals surface area contributed by atoms with E-state index in [4.69, 9.17) is 14.0 Å². The zero-order valence-corrected chi connectivity index (χ0v) is 4.39. The second-order valence-corrected chi connectivity index (χ2v) is 0.875. The van der Waals surface area contributed by atoms with E-state index in [1.54, 1.807) is 0 Å². The average molecular weight is 178 g/mol. The topological polar surface area (TPSA) is 66.8 Å². The van der Waals surface area contributed by atoms with Crippen LogP contribution in [0.2, 0.25) is 0 Å². The van der Waals surface area contributed by atoms with Crippen LogP contribution in [0.5, 0.6) is 0 Å². The molecule has 0 aliphatic heterocycles. The Labute approximate surface area is 75.8 Å². The van der Waals surface area contributed by atoms with Gasteiger partial charge in [0.2, 0.25) is 0 Å². The van der Waals surface area contributed by atoms with Crippen molar-refractivity contribution in [2.75, 3.05) is 0 Å². The molecule has 0 aromatic rings. The van der Waals surface area contributed by atoms with Gasteiger partial charge in [-0.1, -0.05) is 0 Å². The summed E-state index contributed by atoms with van der Waals surface area (Å²) in [7, 11) is 0. The normalized spacial score (nSPS) is 10.6. The van der Waals surface area contributed by atoms with Crippen molar-refractivity contribution in [2.45, 2.75) is 0 Å². The average Bonchev–Trinajstić information content (AvgIpc) is 1.38. The second-order valence-electron chi connectivity index (χ2n) is 0.292. The zero-order chi connectivity index (χ0) is 4.28. The van der Waals surface area contributed by atoms with E-state index in [9.17, 15) is 0 Å². The van der Waals surface area contributed by atoms with Gasteiger partial charge in [-0.05, 0) is 0 Å². The van der Waals surface area contributed by atoms with Gasteiger partial charge in [0, 0.05) is 17.1 Å². The molecule has 1 unspecified atom stereocenters. The summed E-state index contributed by atoms with van der Waals surface area (Å²) in [6.45, 7) is 0. The van der Waals surface area contributed by atoms with Gasteiger partial charge in [0.1, 0.15) is 0 Å². The molecule has 0 aliphatic carbocycles. The van der Waals surface area contributed by atoms with Gasteiger partial charge in [0.05, 0.1) is 0 Å². The molecular formula is H3FeNaO4S. The molecular weight excluding hydrogens is 175 g/mol. The number of rotatable bonds is 1. The van der Waals surface area contributed by atoms with Gasteiger partial charge in [0.25, 0.3) is 0 Å². The fraction of sp³-hybridized carbons (Fsp3) is 0. The molecule has 0 fully saturated rings. The van der Waals surface area contributed by atoms with Crippen molar-refractivity contribution in [3.8, 4) is 0 Å². The van der Waals surface area contributed by atoms with E-state index < -0.39 is 11.4 Å². The zero-order valence-electron chi connectivity index (χ0n) is 2.47. The first kappa shape index (κ1) is 15.8. The molecule has 0 saturated carbocycles. The van der Waals surface area contributed by atoms with Gasteiger partial charge < -0.3 is 0 Å². The van der Waals surface area contributed by atoms with Crippen LogP contribution in [-0.4, -0.2) is 43.6 Å². The molecule has 0 aromatic heterocycles. The minimum atomic E-state index is -2.52. The van der Waals surface area contributed by atoms with E-state index in [0.29, 0.717) is 0 Å². The Morgan fingerprint density at radius 2 is 1.71 bits per heavy atom. The van der Waals surface area contributed by atoms with Crippen molar-refractivity contribution in [3.05, 3.63) is 0 Å². The quantitative estimate of drug-likeness (QED) is 0.233. The predicted octanol–water partition coefficient (Wildman–Crippen LogP) is -1.04. The van der Waals surface area contributed by atoms with E-state index >= 15 is 0 Å². The molecule has 7 heteroatoms. The van der Waals surface area contributed by atoms with Crippen LogP contribution in [0.15, 0.2) is 0 Å². The molecule has 1 atom stereocenters. The molecule has 0 heterocycles. The molecule has 0 bridgehead atoms. The first-order valence-corrected chi connectivity index (χ1v) is 1.73. The fourth-order valence-electron chi connectivity index (χ4n) is 0. The summed E-state index contributed by atoms with van der Waals surface area (Å²) in [5.74, 6) is 0. The standard InChI is InChI=1S/Fe.Na.H2O4S.H/c;;1-4-5(2)3;/h;;1H,(H,2,3);. The number of hydrogen-bond acceptors (Lipinski definition) is 3. The Morgan fingerprint density at radius 3 is 1.71 bits per heavy atom. The van der Waals surface area contributed by atoms with Gasteiger partial charge >= 0.3 is 40.9 Å². The summed E-state index contributed by atoms with van der Waals surface area (Å²) in [6, 6.07) is 0. The molecule has 2 N–H and O–H groups in total. The van der Waals surface area contributed by atoms with E-state index in [-0.39, 0.29) is 46.6 Å². The molecule has 0 aliphatic rings. The van der Waals surface area contributed by atoms with Gasteiger partial charge in [-0.3, -0.25) is 4.55 Å². The van der Waals surface area contributed by atoms with Crippen molar-refractivity contribution >= 4 is 40.9 Å². The molecule has 0 spiro atoms. The monoisotopic (exact) mass is 178 g/mol. The molecule has 4 nitrogen and oxygen atoms in total. The summed E-state index contributed by atoms with van der Waals surface area (Å²) in [6.07, 6.45) is 0. The molecule has 0 amide bonds. The molecule has 42 valence electrons. The SMILES string of the molecule is O=S(O)OO.[Fe].[NaH]. The second kappa shape index (κ2) is 10.5. The van der Waals surface area contributed by atoms with E-state index in [2.05, 4.69) is 4.33 Å². The van der Waals surface area contributed by atoms with Crippen LogP contribution in [0.25, 0.3) is 0 Å². The summed E-state index contributed by atoms with van der Waals surface area (Å²) in [5, 5.41) is 7.09. The van der Waals surface area contributed by atoms with Crippen LogP contribution >= 0.6 is 0 Å². The van der Waals surface area contributed by atoms with Gasteiger partial charge in [-0.25, -0.2) is 5.26 Å². The number of hydrogen-bond donors (Lipinski definition) is 2. The molecule has 7 heavy (non-hydrogen) atoms. The van der Waals surface area contributed by atoms with Crippen LogP contribution in [0.1, 0.15) is 0 Å². The van der Waals surface area contributed by atoms with Crippen LogP contribution < -0.4 is 0 Å². The summed E-state index contributed by atoms with van der Waals surface area (Å²) in [5.41, 5.74) is 0. The van der Waals surface area contributed by atoms with E-state index in [1.807, 2.05) is 0 Å². The van der Waals surface area contributed by atoms with Gasteiger partial charge in [-0.2, -0.15) is 4.21 Å². The van der Waals surface area contributed by atoms with Crippen LogP contribution in [-0.2, 0) is 32.8 Å². The van der Waals surface area contributed by atoms with Crippen molar-refractivity contribution in [1.29, 1.82) is 0 Å². The third-order valence-corrected chi connectivity index (χ3v) is 0.191. The van der Waals surface area contributed by atoms with Crippen LogP contribution in [0.3, 0.4) is 0 Å². The Balaban J connectivity index is -0.0000000800. The maximum atomic E-state index is 9.01.